The van der Waals surface area contributed by atoms with Crippen molar-refractivity contribution in [3.8, 4) is 5.75 Å². The Labute approximate surface area is 169 Å². The van der Waals surface area contributed by atoms with Crippen LogP contribution < -0.4 is 4.74 Å². The van der Waals surface area contributed by atoms with Gasteiger partial charge in [-0.05, 0) is 30.3 Å². The van der Waals surface area contributed by atoms with E-state index in [9.17, 15) is 13.2 Å². The number of esters is 1. The summed E-state index contributed by atoms with van der Waals surface area (Å²) in [5, 5.41) is 0.558. The summed E-state index contributed by atoms with van der Waals surface area (Å²) in [5.41, 5.74) is 1.34. The first kappa shape index (κ1) is 20.7. The van der Waals surface area contributed by atoms with Crippen LogP contribution in [0.25, 0.3) is 0 Å². The van der Waals surface area contributed by atoms with Gasteiger partial charge in [0.2, 0.25) is 10.0 Å². The Bertz CT molecular complexity index is 929. The SMILES string of the molecule is CC(=O)Oc1ccc(Cl)cc1CN1CCN(S(=O)(=O)Cc2ccccn2)CC1. The van der Waals surface area contributed by atoms with Crippen molar-refractivity contribution in [1.29, 1.82) is 0 Å². The average Bonchev–Trinajstić information content (AvgIpc) is 2.65. The smallest absolute Gasteiger partial charge is 0.308 e. The molecule has 0 saturated carbocycles. The summed E-state index contributed by atoms with van der Waals surface area (Å²) in [6.45, 7) is 3.83. The van der Waals surface area contributed by atoms with E-state index in [2.05, 4.69) is 9.88 Å². The third kappa shape index (κ3) is 5.51. The van der Waals surface area contributed by atoms with Crippen molar-refractivity contribution in [3.05, 3.63) is 58.9 Å². The number of carbonyl (C=O) groups excluding carboxylic acids is 1. The molecule has 1 aromatic carbocycles. The molecule has 1 saturated heterocycles. The van der Waals surface area contributed by atoms with Crippen molar-refractivity contribution < 1.29 is 17.9 Å². The van der Waals surface area contributed by atoms with Gasteiger partial charge in [0.1, 0.15) is 11.5 Å². The van der Waals surface area contributed by atoms with Crippen molar-refractivity contribution in [1.82, 2.24) is 14.2 Å². The van der Waals surface area contributed by atoms with Crippen molar-refractivity contribution in [2.45, 2.75) is 19.2 Å². The molecule has 0 radical (unpaired) electrons. The number of hydrogen-bond acceptors (Lipinski definition) is 6. The second-order valence-corrected chi connectivity index (χ2v) is 9.00. The third-order valence-corrected chi connectivity index (χ3v) is 6.50. The van der Waals surface area contributed by atoms with Crippen molar-refractivity contribution in [3.63, 3.8) is 0 Å². The molecule has 0 spiro atoms. The van der Waals surface area contributed by atoms with E-state index in [0.717, 1.165) is 5.56 Å². The van der Waals surface area contributed by atoms with Crippen molar-refractivity contribution in [2.24, 2.45) is 0 Å². The molecule has 2 heterocycles. The molecule has 1 aliphatic rings. The summed E-state index contributed by atoms with van der Waals surface area (Å²) in [4.78, 5) is 17.5. The first-order chi connectivity index (χ1) is 13.3. The summed E-state index contributed by atoms with van der Waals surface area (Å²) < 4.78 is 32.0. The fraction of sp³-hybridized carbons (Fsp3) is 0.368. The fourth-order valence-corrected chi connectivity index (χ4v) is 4.74. The monoisotopic (exact) mass is 423 g/mol. The van der Waals surface area contributed by atoms with Crippen molar-refractivity contribution >= 4 is 27.6 Å². The number of rotatable bonds is 6. The van der Waals surface area contributed by atoms with Gasteiger partial charge >= 0.3 is 5.97 Å². The summed E-state index contributed by atoms with van der Waals surface area (Å²) in [6.07, 6.45) is 1.59. The highest BCUT2D eigenvalue weighted by Crippen LogP contribution is 2.25. The Hall–Kier alpha value is -2.00. The van der Waals surface area contributed by atoms with E-state index in [1.165, 1.54) is 11.2 Å². The van der Waals surface area contributed by atoms with Crippen LogP contribution in [-0.2, 0) is 27.1 Å². The maximum Gasteiger partial charge on any atom is 0.308 e. The highest BCUT2D eigenvalue weighted by atomic mass is 35.5. The van der Waals surface area contributed by atoms with Crippen LogP contribution >= 0.6 is 11.6 Å². The Morgan fingerprint density at radius 3 is 2.57 bits per heavy atom. The van der Waals surface area contributed by atoms with Crippen LogP contribution in [0.1, 0.15) is 18.2 Å². The number of benzene rings is 1. The van der Waals surface area contributed by atoms with Crippen LogP contribution in [0.3, 0.4) is 0 Å². The molecule has 1 aliphatic heterocycles. The van der Waals surface area contributed by atoms with Crippen LogP contribution in [0.2, 0.25) is 5.02 Å². The lowest BCUT2D eigenvalue weighted by Gasteiger charge is -2.34. The molecule has 0 unspecified atom stereocenters. The number of carbonyl (C=O) groups is 1. The van der Waals surface area contributed by atoms with E-state index in [1.54, 1.807) is 42.6 Å². The van der Waals surface area contributed by atoms with E-state index < -0.39 is 16.0 Å². The van der Waals surface area contributed by atoms with E-state index in [4.69, 9.17) is 16.3 Å². The first-order valence-corrected chi connectivity index (χ1v) is 10.9. The number of piperazine rings is 1. The number of sulfonamides is 1. The maximum absolute atomic E-state index is 12.6. The molecule has 150 valence electrons. The molecule has 1 aromatic heterocycles. The number of hydrogen-bond donors (Lipinski definition) is 0. The summed E-state index contributed by atoms with van der Waals surface area (Å²) in [6, 6.07) is 10.4. The van der Waals surface area contributed by atoms with E-state index in [0.29, 0.717) is 49.2 Å². The predicted molar refractivity (Wildman–Crippen MR) is 106 cm³/mol. The van der Waals surface area contributed by atoms with Gasteiger partial charge in [-0.15, -0.1) is 0 Å². The minimum atomic E-state index is -3.41. The lowest BCUT2D eigenvalue weighted by atomic mass is 10.1. The lowest BCUT2D eigenvalue weighted by Crippen LogP contribution is -2.48. The molecule has 9 heteroatoms. The van der Waals surface area contributed by atoms with Gasteiger partial charge in [-0.3, -0.25) is 14.7 Å². The highest BCUT2D eigenvalue weighted by Gasteiger charge is 2.27. The molecule has 0 atom stereocenters. The minimum Gasteiger partial charge on any atom is -0.426 e. The first-order valence-electron chi connectivity index (χ1n) is 8.90. The van der Waals surface area contributed by atoms with Gasteiger partial charge in [-0.2, -0.15) is 4.31 Å². The molecule has 28 heavy (non-hydrogen) atoms. The molecule has 1 fully saturated rings. The summed E-state index contributed by atoms with van der Waals surface area (Å²) in [7, 11) is -3.41. The molecule has 7 nitrogen and oxygen atoms in total. The van der Waals surface area contributed by atoms with Gasteiger partial charge in [0.25, 0.3) is 0 Å². The van der Waals surface area contributed by atoms with Crippen LogP contribution in [0, 0.1) is 0 Å². The molecular weight excluding hydrogens is 402 g/mol. The molecule has 0 bridgehead atoms. The minimum absolute atomic E-state index is 0.0985. The van der Waals surface area contributed by atoms with Gasteiger partial charge in [0, 0.05) is 56.4 Å². The maximum atomic E-state index is 12.6. The Morgan fingerprint density at radius 1 is 1.18 bits per heavy atom. The largest absolute Gasteiger partial charge is 0.426 e. The van der Waals surface area contributed by atoms with Gasteiger partial charge in [-0.1, -0.05) is 17.7 Å². The average molecular weight is 424 g/mol. The normalized spacial score (nSPS) is 16.1. The topological polar surface area (TPSA) is 79.8 Å². The number of aromatic nitrogens is 1. The number of ether oxygens (including phenoxy) is 1. The molecule has 0 aliphatic carbocycles. The van der Waals surface area contributed by atoms with Crippen molar-refractivity contribution in [2.75, 3.05) is 26.2 Å². The zero-order valence-corrected chi connectivity index (χ0v) is 17.1. The Balaban J connectivity index is 1.61. The predicted octanol–water partition coefficient (Wildman–Crippen LogP) is 2.31. The molecule has 0 amide bonds. The van der Waals surface area contributed by atoms with E-state index in [1.807, 2.05) is 0 Å². The Morgan fingerprint density at radius 2 is 1.93 bits per heavy atom. The van der Waals surface area contributed by atoms with Crippen LogP contribution in [0.5, 0.6) is 5.75 Å². The number of nitrogens with zero attached hydrogens (tertiary/aromatic N) is 3. The number of pyridine rings is 1. The highest BCUT2D eigenvalue weighted by molar-refractivity contribution is 7.88. The van der Waals surface area contributed by atoms with E-state index in [-0.39, 0.29) is 5.75 Å². The summed E-state index contributed by atoms with van der Waals surface area (Å²) >= 11 is 6.08. The quantitative estimate of drug-likeness (QED) is 0.524. The molecule has 0 N–H and O–H groups in total. The van der Waals surface area contributed by atoms with E-state index >= 15 is 0 Å². The summed E-state index contributed by atoms with van der Waals surface area (Å²) in [5.74, 6) is -0.0187. The second-order valence-electron chi connectivity index (χ2n) is 6.60. The van der Waals surface area contributed by atoms with Gasteiger partial charge in [0.15, 0.2) is 0 Å². The fourth-order valence-electron chi connectivity index (χ4n) is 3.09. The van der Waals surface area contributed by atoms with Crippen LogP contribution in [0.15, 0.2) is 42.6 Å². The van der Waals surface area contributed by atoms with Crippen LogP contribution in [0.4, 0.5) is 0 Å². The zero-order valence-electron chi connectivity index (χ0n) is 15.5. The zero-order chi connectivity index (χ0) is 20.1. The third-order valence-electron chi connectivity index (χ3n) is 4.45. The molecule has 2 aromatic rings. The molecular formula is C19H22ClN3O4S. The second kappa shape index (κ2) is 9.00. The van der Waals surface area contributed by atoms with Gasteiger partial charge in [-0.25, -0.2) is 8.42 Å². The van der Waals surface area contributed by atoms with Crippen LogP contribution in [-0.4, -0.2) is 54.8 Å². The standard InChI is InChI=1S/C19H22ClN3O4S/c1-15(24)27-19-6-5-17(20)12-16(19)13-22-8-10-23(11-9-22)28(25,26)14-18-4-2-3-7-21-18/h2-7,12H,8-11,13-14H2,1H3. The lowest BCUT2D eigenvalue weighted by molar-refractivity contribution is -0.131. The van der Waals surface area contributed by atoms with Gasteiger partial charge < -0.3 is 4.74 Å². The molecule has 3 rings (SSSR count). The number of halogens is 1. The Kier molecular flexibility index (Phi) is 6.66. The van der Waals surface area contributed by atoms with Gasteiger partial charge in [0.05, 0.1) is 5.69 Å².